The summed E-state index contributed by atoms with van der Waals surface area (Å²) in [7, 11) is 1.72. The van der Waals surface area contributed by atoms with Gasteiger partial charge >= 0.3 is 5.97 Å². The third kappa shape index (κ3) is 5.80. The van der Waals surface area contributed by atoms with Crippen molar-refractivity contribution in [2.24, 2.45) is 0 Å². The van der Waals surface area contributed by atoms with E-state index in [1.54, 1.807) is 25.3 Å². The van der Waals surface area contributed by atoms with Crippen molar-refractivity contribution < 1.29 is 14.6 Å². The van der Waals surface area contributed by atoms with Gasteiger partial charge in [-0.3, -0.25) is 0 Å². The summed E-state index contributed by atoms with van der Waals surface area (Å²) in [5.41, 5.74) is 2.56. The van der Waals surface area contributed by atoms with Gasteiger partial charge in [0.05, 0.1) is 5.56 Å². The Morgan fingerprint density at radius 1 is 1.12 bits per heavy atom. The molecule has 0 aliphatic rings. The zero-order valence-electron chi connectivity index (χ0n) is 14.1. The highest BCUT2D eigenvalue weighted by atomic mass is 16.5. The van der Waals surface area contributed by atoms with Gasteiger partial charge in [-0.15, -0.1) is 0 Å². The third-order valence-corrected chi connectivity index (χ3v) is 4.02. The van der Waals surface area contributed by atoms with Gasteiger partial charge in [-0.25, -0.2) is 4.79 Å². The van der Waals surface area contributed by atoms with E-state index in [0.29, 0.717) is 12.1 Å². The molecular weight excluding hydrogens is 302 g/mol. The Morgan fingerprint density at radius 2 is 1.92 bits per heavy atom. The molecular formula is C20H25NO3. The number of methoxy groups -OCH3 is 1. The zero-order chi connectivity index (χ0) is 17.2. The second kappa shape index (κ2) is 9.85. The molecule has 0 fully saturated rings. The van der Waals surface area contributed by atoms with Gasteiger partial charge in [-0.05, 0) is 42.5 Å². The third-order valence-electron chi connectivity index (χ3n) is 4.02. The molecule has 2 rings (SSSR count). The first kappa shape index (κ1) is 18.2. The fourth-order valence-electron chi connectivity index (χ4n) is 2.72. The summed E-state index contributed by atoms with van der Waals surface area (Å²) >= 11 is 0. The van der Waals surface area contributed by atoms with E-state index < -0.39 is 5.97 Å². The number of rotatable bonds is 10. The number of aromatic carboxylic acids is 1. The molecule has 0 aliphatic heterocycles. The molecule has 0 spiro atoms. The molecule has 1 atom stereocenters. The number of nitrogens with one attached hydrogen (secondary N) is 1. The number of carboxylic acids is 1. The highest BCUT2D eigenvalue weighted by Crippen LogP contribution is 2.20. The highest BCUT2D eigenvalue weighted by Gasteiger charge is 2.11. The van der Waals surface area contributed by atoms with Crippen LogP contribution in [0.2, 0.25) is 0 Å². The predicted octanol–water partition coefficient (Wildman–Crippen LogP) is 4.03. The average molecular weight is 327 g/mol. The number of carbonyl (C=O) groups is 1. The minimum absolute atomic E-state index is 0.247. The number of hydrogen-bond donors (Lipinski definition) is 2. The van der Waals surface area contributed by atoms with Gasteiger partial charge in [0, 0.05) is 26.3 Å². The van der Waals surface area contributed by atoms with E-state index in [9.17, 15) is 4.79 Å². The average Bonchev–Trinajstić information content (AvgIpc) is 2.62. The largest absolute Gasteiger partial charge is 0.478 e. The van der Waals surface area contributed by atoms with Gasteiger partial charge in [0.15, 0.2) is 0 Å². The second-order valence-electron chi connectivity index (χ2n) is 5.84. The van der Waals surface area contributed by atoms with E-state index in [4.69, 9.17) is 9.84 Å². The summed E-state index contributed by atoms with van der Waals surface area (Å²) in [4.78, 5) is 11.1. The Balaban J connectivity index is 1.99. The minimum Gasteiger partial charge on any atom is -0.478 e. The number of benzene rings is 2. The molecule has 24 heavy (non-hydrogen) atoms. The van der Waals surface area contributed by atoms with E-state index in [-0.39, 0.29) is 6.04 Å². The molecule has 0 amide bonds. The first-order valence-electron chi connectivity index (χ1n) is 8.30. The van der Waals surface area contributed by atoms with Gasteiger partial charge < -0.3 is 15.2 Å². The van der Waals surface area contributed by atoms with Gasteiger partial charge in [0.1, 0.15) is 0 Å². The summed E-state index contributed by atoms with van der Waals surface area (Å²) in [5.74, 6) is -0.893. The fourth-order valence-corrected chi connectivity index (χ4v) is 2.72. The van der Waals surface area contributed by atoms with Crippen molar-refractivity contribution in [2.75, 3.05) is 13.7 Å². The molecule has 0 aromatic heterocycles. The van der Waals surface area contributed by atoms with E-state index in [1.807, 2.05) is 24.3 Å². The molecule has 4 nitrogen and oxygen atoms in total. The lowest BCUT2D eigenvalue weighted by Crippen LogP contribution is -2.21. The molecule has 2 N–H and O–H groups in total. The van der Waals surface area contributed by atoms with Crippen molar-refractivity contribution in [2.45, 2.75) is 31.8 Å². The zero-order valence-corrected chi connectivity index (χ0v) is 14.1. The van der Waals surface area contributed by atoms with Crippen molar-refractivity contribution >= 4 is 5.97 Å². The van der Waals surface area contributed by atoms with Gasteiger partial charge in [-0.2, -0.15) is 0 Å². The summed E-state index contributed by atoms with van der Waals surface area (Å²) in [6.45, 7) is 1.42. The predicted molar refractivity (Wildman–Crippen MR) is 95.2 cm³/mol. The number of unbranched alkanes of at least 4 members (excludes halogenated alkanes) is 1. The Kier molecular flexibility index (Phi) is 7.46. The Bertz CT molecular complexity index is 628. The topological polar surface area (TPSA) is 58.6 Å². The molecule has 0 saturated carbocycles. The van der Waals surface area contributed by atoms with Crippen LogP contribution in [-0.2, 0) is 11.3 Å². The minimum atomic E-state index is -0.893. The Morgan fingerprint density at radius 3 is 2.62 bits per heavy atom. The van der Waals surface area contributed by atoms with Crippen LogP contribution in [0.1, 0.15) is 46.8 Å². The molecule has 1 unspecified atom stereocenters. The van der Waals surface area contributed by atoms with Crippen molar-refractivity contribution in [3.05, 3.63) is 71.3 Å². The van der Waals surface area contributed by atoms with Crippen LogP contribution in [0, 0.1) is 0 Å². The summed E-state index contributed by atoms with van der Waals surface area (Å²) in [6, 6.07) is 17.7. The van der Waals surface area contributed by atoms with Crippen LogP contribution in [0.5, 0.6) is 0 Å². The van der Waals surface area contributed by atoms with E-state index in [0.717, 1.165) is 31.4 Å². The SMILES string of the molecule is COCCCCC(NCc1cccc(C(=O)O)c1)c1ccccc1. The Hall–Kier alpha value is -2.17. The van der Waals surface area contributed by atoms with Crippen molar-refractivity contribution in [1.82, 2.24) is 5.32 Å². The van der Waals surface area contributed by atoms with Crippen molar-refractivity contribution in [3.8, 4) is 0 Å². The lowest BCUT2D eigenvalue weighted by Gasteiger charge is -2.19. The fraction of sp³-hybridized carbons (Fsp3) is 0.350. The van der Waals surface area contributed by atoms with Crippen LogP contribution in [0.4, 0.5) is 0 Å². The lowest BCUT2D eigenvalue weighted by molar-refractivity contribution is 0.0696. The number of hydrogen-bond acceptors (Lipinski definition) is 3. The van der Waals surface area contributed by atoms with Crippen LogP contribution in [0.15, 0.2) is 54.6 Å². The molecule has 0 heterocycles. The maximum Gasteiger partial charge on any atom is 0.335 e. The van der Waals surface area contributed by atoms with Crippen molar-refractivity contribution in [1.29, 1.82) is 0 Å². The molecule has 0 bridgehead atoms. The molecule has 2 aromatic carbocycles. The summed E-state index contributed by atoms with van der Waals surface area (Å²) < 4.78 is 5.12. The summed E-state index contributed by atoms with van der Waals surface area (Å²) in [5, 5.41) is 12.7. The van der Waals surface area contributed by atoms with Crippen LogP contribution in [-0.4, -0.2) is 24.8 Å². The molecule has 0 saturated heterocycles. The summed E-state index contributed by atoms with van der Waals surface area (Å²) in [6.07, 6.45) is 3.14. The smallest absolute Gasteiger partial charge is 0.335 e. The molecule has 0 radical (unpaired) electrons. The number of carboxylic acid groups (broad SMARTS) is 1. The maximum atomic E-state index is 11.1. The molecule has 128 valence electrons. The van der Waals surface area contributed by atoms with Crippen LogP contribution in [0.25, 0.3) is 0 Å². The maximum absolute atomic E-state index is 11.1. The first-order chi connectivity index (χ1) is 11.7. The van der Waals surface area contributed by atoms with Crippen LogP contribution < -0.4 is 5.32 Å². The van der Waals surface area contributed by atoms with Gasteiger partial charge in [0.25, 0.3) is 0 Å². The normalized spacial score (nSPS) is 12.0. The monoisotopic (exact) mass is 327 g/mol. The second-order valence-corrected chi connectivity index (χ2v) is 5.84. The molecule has 0 aliphatic carbocycles. The quantitative estimate of drug-likeness (QED) is 0.647. The van der Waals surface area contributed by atoms with E-state index >= 15 is 0 Å². The molecule has 4 heteroatoms. The van der Waals surface area contributed by atoms with Gasteiger partial charge in [0.2, 0.25) is 0 Å². The lowest BCUT2D eigenvalue weighted by atomic mass is 10.0. The number of ether oxygens (including phenoxy) is 1. The van der Waals surface area contributed by atoms with Crippen LogP contribution in [0.3, 0.4) is 0 Å². The van der Waals surface area contributed by atoms with Crippen molar-refractivity contribution in [3.63, 3.8) is 0 Å². The van der Waals surface area contributed by atoms with Crippen LogP contribution >= 0.6 is 0 Å². The first-order valence-corrected chi connectivity index (χ1v) is 8.30. The highest BCUT2D eigenvalue weighted by molar-refractivity contribution is 5.87. The molecule has 2 aromatic rings. The van der Waals surface area contributed by atoms with Gasteiger partial charge in [-0.1, -0.05) is 42.5 Å². The standard InChI is InChI=1S/C20H25NO3/c1-24-13-6-5-12-19(17-9-3-2-4-10-17)21-15-16-8-7-11-18(14-16)20(22)23/h2-4,7-11,14,19,21H,5-6,12-13,15H2,1H3,(H,22,23). The van der Waals surface area contributed by atoms with E-state index in [2.05, 4.69) is 17.4 Å². The Labute approximate surface area is 143 Å². The van der Waals surface area contributed by atoms with E-state index in [1.165, 1.54) is 5.56 Å².